The molecule has 24 heavy (non-hydrogen) atoms. The van der Waals surface area contributed by atoms with Crippen LogP contribution in [0.15, 0.2) is 72.2 Å². The lowest BCUT2D eigenvalue weighted by atomic mass is 10.2. The maximum atomic E-state index is 11.9. The van der Waals surface area contributed by atoms with Crippen molar-refractivity contribution in [2.24, 2.45) is 0 Å². The SMILES string of the molecule is O=C(/C=C/c1ccccc1)Nc1ccc(CSc2ncn[nH]2)cc1. The molecule has 120 valence electrons. The predicted octanol–water partition coefficient (Wildman–Crippen LogP) is 3.75. The van der Waals surface area contributed by atoms with Crippen molar-refractivity contribution in [3.63, 3.8) is 0 Å². The van der Waals surface area contributed by atoms with Gasteiger partial charge in [-0.05, 0) is 29.3 Å². The van der Waals surface area contributed by atoms with Crippen LogP contribution >= 0.6 is 11.8 Å². The van der Waals surface area contributed by atoms with Gasteiger partial charge in [0, 0.05) is 17.5 Å². The molecule has 0 radical (unpaired) electrons. The maximum Gasteiger partial charge on any atom is 0.248 e. The normalized spacial score (nSPS) is 10.8. The van der Waals surface area contributed by atoms with Crippen molar-refractivity contribution in [2.75, 3.05) is 5.32 Å². The number of nitrogens with one attached hydrogen (secondary N) is 2. The van der Waals surface area contributed by atoms with Crippen molar-refractivity contribution in [3.8, 4) is 0 Å². The predicted molar refractivity (Wildman–Crippen MR) is 96.5 cm³/mol. The molecule has 0 aliphatic carbocycles. The van der Waals surface area contributed by atoms with Crippen molar-refractivity contribution in [2.45, 2.75) is 10.9 Å². The van der Waals surface area contributed by atoms with Gasteiger partial charge in [0.1, 0.15) is 6.33 Å². The Kier molecular flexibility index (Phi) is 5.42. The first-order valence-corrected chi connectivity index (χ1v) is 8.39. The molecule has 1 aromatic heterocycles. The van der Waals surface area contributed by atoms with Gasteiger partial charge in [-0.3, -0.25) is 9.89 Å². The minimum Gasteiger partial charge on any atom is -0.323 e. The second kappa shape index (κ2) is 8.12. The van der Waals surface area contributed by atoms with Gasteiger partial charge in [0.15, 0.2) is 5.16 Å². The van der Waals surface area contributed by atoms with Crippen LogP contribution in [0, 0.1) is 0 Å². The summed E-state index contributed by atoms with van der Waals surface area (Å²) in [6.07, 6.45) is 4.81. The lowest BCUT2D eigenvalue weighted by Gasteiger charge is -2.04. The third kappa shape index (κ3) is 4.82. The van der Waals surface area contributed by atoms with Gasteiger partial charge in [0.05, 0.1) is 0 Å². The summed E-state index contributed by atoms with van der Waals surface area (Å²) in [6, 6.07) is 17.5. The number of thioether (sulfide) groups is 1. The van der Waals surface area contributed by atoms with E-state index in [4.69, 9.17) is 0 Å². The molecular weight excluding hydrogens is 320 g/mol. The molecule has 1 heterocycles. The molecule has 0 aliphatic rings. The number of rotatable bonds is 6. The van der Waals surface area contributed by atoms with E-state index in [1.165, 1.54) is 12.4 Å². The molecule has 2 aromatic carbocycles. The number of aromatic nitrogens is 3. The van der Waals surface area contributed by atoms with Crippen LogP contribution in [-0.2, 0) is 10.5 Å². The summed E-state index contributed by atoms with van der Waals surface area (Å²) < 4.78 is 0. The molecule has 0 saturated carbocycles. The Morgan fingerprint density at radius 1 is 1.12 bits per heavy atom. The third-order valence-electron chi connectivity index (χ3n) is 3.22. The Bertz CT molecular complexity index is 799. The van der Waals surface area contributed by atoms with Crippen molar-refractivity contribution >= 4 is 29.4 Å². The average Bonchev–Trinajstić information content (AvgIpc) is 3.14. The van der Waals surface area contributed by atoms with E-state index in [1.807, 2.05) is 54.6 Å². The first kappa shape index (κ1) is 16.0. The number of aromatic amines is 1. The van der Waals surface area contributed by atoms with Crippen LogP contribution in [-0.4, -0.2) is 21.1 Å². The van der Waals surface area contributed by atoms with Crippen LogP contribution in [0.5, 0.6) is 0 Å². The Morgan fingerprint density at radius 3 is 2.62 bits per heavy atom. The zero-order chi connectivity index (χ0) is 16.6. The Hall–Kier alpha value is -2.86. The summed E-state index contributed by atoms with van der Waals surface area (Å²) >= 11 is 1.58. The highest BCUT2D eigenvalue weighted by Crippen LogP contribution is 2.19. The minimum atomic E-state index is -0.150. The summed E-state index contributed by atoms with van der Waals surface area (Å²) in [6.45, 7) is 0. The molecule has 0 atom stereocenters. The highest BCUT2D eigenvalue weighted by atomic mass is 32.2. The minimum absolute atomic E-state index is 0.150. The molecule has 6 heteroatoms. The summed E-state index contributed by atoms with van der Waals surface area (Å²) in [5, 5.41) is 10.3. The average molecular weight is 336 g/mol. The van der Waals surface area contributed by atoms with E-state index in [2.05, 4.69) is 20.5 Å². The van der Waals surface area contributed by atoms with Gasteiger partial charge in [-0.1, -0.05) is 54.2 Å². The second-order valence-corrected chi connectivity index (χ2v) is 5.97. The van der Waals surface area contributed by atoms with Crippen molar-refractivity contribution in [1.29, 1.82) is 0 Å². The van der Waals surface area contributed by atoms with Crippen LogP contribution < -0.4 is 5.32 Å². The van der Waals surface area contributed by atoms with E-state index in [0.717, 1.165) is 27.7 Å². The standard InChI is InChI=1S/C18H16N4OS/c23-17(11-8-14-4-2-1-3-5-14)21-16-9-6-15(7-10-16)12-24-18-19-13-20-22-18/h1-11,13H,12H2,(H,21,23)(H,19,20,22)/b11-8+. The monoisotopic (exact) mass is 336 g/mol. The largest absolute Gasteiger partial charge is 0.323 e. The molecule has 0 bridgehead atoms. The lowest BCUT2D eigenvalue weighted by molar-refractivity contribution is -0.111. The molecular formula is C18H16N4OS. The topological polar surface area (TPSA) is 70.7 Å². The van der Waals surface area contributed by atoms with Gasteiger partial charge >= 0.3 is 0 Å². The highest BCUT2D eigenvalue weighted by molar-refractivity contribution is 7.98. The highest BCUT2D eigenvalue weighted by Gasteiger charge is 2.01. The summed E-state index contributed by atoms with van der Waals surface area (Å²) in [4.78, 5) is 16.0. The quantitative estimate of drug-likeness (QED) is 0.531. The van der Waals surface area contributed by atoms with Crippen molar-refractivity contribution in [3.05, 3.63) is 78.1 Å². The van der Waals surface area contributed by atoms with E-state index in [0.29, 0.717) is 0 Å². The fourth-order valence-corrected chi connectivity index (χ4v) is 2.75. The maximum absolute atomic E-state index is 11.9. The number of nitrogens with zero attached hydrogens (tertiary/aromatic N) is 2. The van der Waals surface area contributed by atoms with Gasteiger partial charge < -0.3 is 5.32 Å². The lowest BCUT2D eigenvalue weighted by Crippen LogP contribution is -2.07. The van der Waals surface area contributed by atoms with Crippen LogP contribution in [0.2, 0.25) is 0 Å². The first-order valence-electron chi connectivity index (χ1n) is 7.41. The fraction of sp³-hybridized carbons (Fsp3) is 0.0556. The molecule has 0 aliphatic heterocycles. The van der Waals surface area contributed by atoms with Crippen LogP contribution in [0.1, 0.15) is 11.1 Å². The van der Waals surface area contributed by atoms with Gasteiger partial charge in [-0.25, -0.2) is 4.98 Å². The van der Waals surface area contributed by atoms with E-state index in [-0.39, 0.29) is 5.91 Å². The molecule has 0 spiro atoms. The van der Waals surface area contributed by atoms with E-state index in [1.54, 1.807) is 17.8 Å². The summed E-state index contributed by atoms with van der Waals surface area (Å²) in [7, 11) is 0. The molecule has 0 saturated heterocycles. The van der Waals surface area contributed by atoms with Crippen LogP contribution in [0.3, 0.4) is 0 Å². The Morgan fingerprint density at radius 2 is 1.92 bits per heavy atom. The molecule has 3 aromatic rings. The van der Waals surface area contributed by atoms with Crippen molar-refractivity contribution in [1.82, 2.24) is 15.2 Å². The number of amides is 1. The number of anilines is 1. The second-order valence-electron chi connectivity index (χ2n) is 5.01. The molecule has 2 N–H and O–H groups in total. The molecule has 1 amide bonds. The van der Waals surface area contributed by atoms with Crippen molar-refractivity contribution < 1.29 is 4.79 Å². The molecule has 0 unspecified atom stereocenters. The van der Waals surface area contributed by atoms with Crippen LogP contribution in [0.25, 0.3) is 6.08 Å². The zero-order valence-corrected chi connectivity index (χ0v) is 13.7. The van der Waals surface area contributed by atoms with Gasteiger partial charge in [-0.2, -0.15) is 5.10 Å². The first-order chi connectivity index (χ1) is 11.8. The number of benzene rings is 2. The number of hydrogen-bond acceptors (Lipinski definition) is 4. The number of H-pyrrole nitrogens is 1. The molecule has 0 fully saturated rings. The Balaban J connectivity index is 1.52. The van der Waals surface area contributed by atoms with E-state index >= 15 is 0 Å². The van der Waals surface area contributed by atoms with E-state index < -0.39 is 0 Å². The third-order valence-corrected chi connectivity index (χ3v) is 4.16. The van der Waals surface area contributed by atoms with Gasteiger partial charge in [0.2, 0.25) is 5.91 Å². The molecule has 5 nitrogen and oxygen atoms in total. The smallest absolute Gasteiger partial charge is 0.248 e. The number of hydrogen-bond donors (Lipinski definition) is 2. The van der Waals surface area contributed by atoms with Crippen LogP contribution in [0.4, 0.5) is 5.69 Å². The zero-order valence-electron chi connectivity index (χ0n) is 12.8. The number of carbonyl (C=O) groups excluding carboxylic acids is 1. The number of carbonyl (C=O) groups is 1. The van der Waals surface area contributed by atoms with E-state index in [9.17, 15) is 4.79 Å². The Labute approximate surface area is 144 Å². The van der Waals surface area contributed by atoms with Gasteiger partial charge in [-0.15, -0.1) is 0 Å². The fourth-order valence-electron chi connectivity index (χ4n) is 2.02. The summed E-state index contributed by atoms with van der Waals surface area (Å²) in [5.74, 6) is 0.639. The van der Waals surface area contributed by atoms with Gasteiger partial charge in [0.25, 0.3) is 0 Å². The molecule has 3 rings (SSSR count). The summed E-state index contributed by atoms with van der Waals surface area (Å²) in [5.41, 5.74) is 2.91.